The minimum absolute atomic E-state index is 0.00131. The first-order valence-corrected chi connectivity index (χ1v) is 12.0. The highest BCUT2D eigenvalue weighted by Crippen LogP contribution is 2.38. The molecule has 1 N–H and O–H groups in total. The van der Waals surface area contributed by atoms with Crippen LogP contribution in [0.3, 0.4) is 0 Å². The van der Waals surface area contributed by atoms with Crippen molar-refractivity contribution in [1.29, 1.82) is 0 Å². The molecule has 2 fully saturated rings. The summed E-state index contributed by atoms with van der Waals surface area (Å²) in [6, 6.07) is 6.94. The zero-order valence-electron chi connectivity index (χ0n) is 19.9. The smallest absolute Gasteiger partial charge is 0.260 e. The Labute approximate surface area is 195 Å². The molecule has 2 heterocycles. The highest BCUT2D eigenvalue weighted by atomic mass is 16.5. The Morgan fingerprint density at radius 2 is 1.79 bits per heavy atom. The number of amides is 2. The van der Waals surface area contributed by atoms with Gasteiger partial charge in [-0.1, -0.05) is 19.0 Å². The molecule has 2 aliphatic rings. The minimum atomic E-state index is -0.362. The van der Waals surface area contributed by atoms with Crippen LogP contribution in [-0.4, -0.2) is 45.5 Å². The third-order valence-corrected chi connectivity index (χ3v) is 6.58. The monoisotopic (exact) mass is 454 g/mol. The van der Waals surface area contributed by atoms with Gasteiger partial charge < -0.3 is 19.5 Å². The van der Waals surface area contributed by atoms with Gasteiger partial charge in [0.15, 0.2) is 12.4 Å². The Morgan fingerprint density at radius 3 is 2.39 bits per heavy atom. The van der Waals surface area contributed by atoms with Gasteiger partial charge in [0.1, 0.15) is 11.8 Å². The molecule has 2 aromatic rings. The summed E-state index contributed by atoms with van der Waals surface area (Å²) in [5.41, 5.74) is 0.500. The molecule has 178 valence electrons. The Balaban J connectivity index is 1.33. The largest absolute Gasteiger partial charge is 0.484 e. The number of ether oxygens (including phenoxy) is 1. The molecular formula is C25H34N4O4. The second kappa shape index (κ2) is 9.93. The summed E-state index contributed by atoms with van der Waals surface area (Å²) >= 11 is 0. The van der Waals surface area contributed by atoms with Crippen molar-refractivity contribution in [3.63, 3.8) is 0 Å². The maximum atomic E-state index is 12.8. The van der Waals surface area contributed by atoms with E-state index in [-0.39, 0.29) is 42.5 Å². The molecule has 3 atom stereocenters. The Kier molecular flexibility index (Phi) is 7.00. The zero-order valence-corrected chi connectivity index (χ0v) is 19.9. The number of rotatable bonds is 8. The molecule has 0 bridgehead atoms. The predicted molar refractivity (Wildman–Crippen MR) is 123 cm³/mol. The first-order chi connectivity index (χ1) is 15.8. The van der Waals surface area contributed by atoms with Crippen LogP contribution in [0.2, 0.25) is 0 Å². The van der Waals surface area contributed by atoms with E-state index in [0.717, 1.165) is 37.9 Å². The van der Waals surface area contributed by atoms with Crippen molar-refractivity contribution >= 4 is 11.8 Å². The summed E-state index contributed by atoms with van der Waals surface area (Å²) in [7, 11) is 0. The van der Waals surface area contributed by atoms with Gasteiger partial charge in [-0.25, -0.2) is 0 Å². The van der Waals surface area contributed by atoms with Crippen LogP contribution in [0.25, 0.3) is 0 Å². The first kappa shape index (κ1) is 23.3. The number of benzene rings is 1. The van der Waals surface area contributed by atoms with Gasteiger partial charge in [-0.05, 0) is 76.1 Å². The molecule has 1 aliphatic heterocycles. The van der Waals surface area contributed by atoms with Crippen LogP contribution in [0.1, 0.15) is 93.8 Å². The first-order valence-electron chi connectivity index (χ1n) is 12.0. The lowest BCUT2D eigenvalue weighted by Crippen LogP contribution is -2.49. The second-order valence-corrected chi connectivity index (χ2v) is 9.70. The lowest BCUT2D eigenvalue weighted by Gasteiger charge is -2.38. The average molecular weight is 455 g/mol. The molecule has 0 radical (unpaired) electrons. The number of piperidine rings is 1. The molecule has 33 heavy (non-hydrogen) atoms. The lowest BCUT2D eigenvalue weighted by atomic mass is 9.97. The van der Waals surface area contributed by atoms with Crippen LogP contribution in [-0.2, 0) is 4.79 Å². The molecular weight excluding hydrogens is 420 g/mol. The van der Waals surface area contributed by atoms with Gasteiger partial charge in [-0.2, -0.15) is 4.98 Å². The van der Waals surface area contributed by atoms with Crippen LogP contribution in [0.5, 0.6) is 5.75 Å². The van der Waals surface area contributed by atoms with Crippen LogP contribution in [0.4, 0.5) is 0 Å². The number of nitrogens with one attached hydrogen (secondary N) is 1. The number of hydrogen-bond acceptors (Lipinski definition) is 6. The predicted octanol–water partition coefficient (Wildman–Crippen LogP) is 4.24. The normalized spacial score (nSPS) is 21.7. The number of carbonyl (C=O) groups is 2. The summed E-state index contributed by atoms with van der Waals surface area (Å²) in [5, 5.41) is 7.07. The van der Waals surface area contributed by atoms with E-state index in [1.165, 1.54) is 0 Å². The van der Waals surface area contributed by atoms with E-state index in [1.54, 1.807) is 24.3 Å². The maximum Gasteiger partial charge on any atom is 0.260 e. The van der Waals surface area contributed by atoms with Crippen molar-refractivity contribution in [3.05, 3.63) is 41.5 Å². The third-order valence-electron chi connectivity index (χ3n) is 6.58. The Bertz CT molecular complexity index is 957. The van der Waals surface area contributed by atoms with E-state index >= 15 is 0 Å². The highest BCUT2D eigenvalue weighted by Gasteiger charge is 2.32. The van der Waals surface area contributed by atoms with Gasteiger partial charge in [0.2, 0.25) is 5.89 Å². The molecule has 3 unspecified atom stereocenters. The van der Waals surface area contributed by atoms with Crippen LogP contribution in [0.15, 0.2) is 28.8 Å². The summed E-state index contributed by atoms with van der Waals surface area (Å²) in [5.74, 6) is 2.00. The van der Waals surface area contributed by atoms with Gasteiger partial charge in [-0.3, -0.25) is 9.59 Å². The molecule has 8 nitrogen and oxygen atoms in total. The number of hydrogen-bond donors (Lipinski definition) is 1. The van der Waals surface area contributed by atoms with Gasteiger partial charge in [0, 0.05) is 23.6 Å². The van der Waals surface area contributed by atoms with Crippen molar-refractivity contribution in [2.24, 2.45) is 5.92 Å². The topological polar surface area (TPSA) is 97.6 Å². The third kappa shape index (κ3) is 5.54. The van der Waals surface area contributed by atoms with Crippen LogP contribution in [0, 0.1) is 5.92 Å². The summed E-state index contributed by atoms with van der Waals surface area (Å²) < 4.78 is 11.1. The van der Waals surface area contributed by atoms with Gasteiger partial charge >= 0.3 is 0 Å². The van der Waals surface area contributed by atoms with E-state index < -0.39 is 0 Å². The highest BCUT2D eigenvalue weighted by molar-refractivity contribution is 5.94. The summed E-state index contributed by atoms with van der Waals surface area (Å²) in [6.07, 6.45) is 5.40. The minimum Gasteiger partial charge on any atom is -0.484 e. The number of likely N-dealkylation sites (tertiary alicyclic amines) is 1. The van der Waals surface area contributed by atoms with Gasteiger partial charge in [0.05, 0.1) is 0 Å². The molecule has 1 aliphatic carbocycles. The van der Waals surface area contributed by atoms with Crippen molar-refractivity contribution in [2.45, 2.75) is 83.8 Å². The summed E-state index contributed by atoms with van der Waals surface area (Å²) in [4.78, 5) is 31.9. The van der Waals surface area contributed by atoms with E-state index in [1.807, 2.05) is 18.7 Å². The number of carbonyl (C=O) groups excluding carboxylic acids is 2. The molecule has 4 rings (SSSR count). The second-order valence-electron chi connectivity index (χ2n) is 9.70. The standard InChI is InChI=1S/C25H34N4O4/c1-15(2)22(25-27-23(28-33-25)18-8-9-18)26-24(31)19-10-12-20(13-11-19)32-14-21(30)29-16(3)6-5-7-17(29)4/h10-13,15-18,22H,5-9,14H2,1-4H3,(H,26,31). The fourth-order valence-corrected chi connectivity index (χ4v) is 4.45. The van der Waals surface area contributed by atoms with Gasteiger partial charge in [0.25, 0.3) is 11.8 Å². The molecule has 1 aromatic carbocycles. The average Bonchev–Trinajstić information content (AvgIpc) is 3.53. The van der Waals surface area contributed by atoms with E-state index in [4.69, 9.17) is 9.26 Å². The molecule has 1 saturated heterocycles. The van der Waals surface area contributed by atoms with E-state index in [0.29, 0.717) is 23.1 Å². The molecule has 1 aromatic heterocycles. The van der Waals surface area contributed by atoms with Crippen LogP contribution >= 0.6 is 0 Å². The molecule has 2 amide bonds. The quantitative estimate of drug-likeness (QED) is 0.641. The molecule has 1 saturated carbocycles. The van der Waals surface area contributed by atoms with E-state index in [9.17, 15) is 9.59 Å². The Hall–Kier alpha value is -2.90. The summed E-state index contributed by atoms with van der Waals surface area (Å²) in [6.45, 7) is 8.18. The zero-order chi connectivity index (χ0) is 23.5. The SMILES string of the molecule is CC(C)C(NC(=O)c1ccc(OCC(=O)N2C(C)CCCC2C)cc1)c1nc(C2CC2)no1. The molecule has 0 spiro atoms. The van der Waals surface area contributed by atoms with Crippen LogP contribution < -0.4 is 10.1 Å². The number of aromatic nitrogens is 2. The molecule has 8 heteroatoms. The van der Waals surface area contributed by atoms with Gasteiger partial charge in [-0.15, -0.1) is 0 Å². The van der Waals surface area contributed by atoms with Crippen molar-refractivity contribution in [3.8, 4) is 5.75 Å². The van der Waals surface area contributed by atoms with Crippen molar-refractivity contribution in [1.82, 2.24) is 20.4 Å². The number of nitrogens with zero attached hydrogens (tertiary/aromatic N) is 3. The van der Waals surface area contributed by atoms with E-state index in [2.05, 4.69) is 29.3 Å². The fourth-order valence-electron chi connectivity index (χ4n) is 4.45. The lowest BCUT2D eigenvalue weighted by molar-refractivity contribution is -0.139. The maximum absolute atomic E-state index is 12.8. The van der Waals surface area contributed by atoms with Crippen molar-refractivity contribution in [2.75, 3.05) is 6.61 Å². The van der Waals surface area contributed by atoms with Crippen molar-refractivity contribution < 1.29 is 18.8 Å². The fraction of sp³-hybridized carbons (Fsp3) is 0.600. The Morgan fingerprint density at radius 1 is 1.12 bits per heavy atom.